The van der Waals surface area contributed by atoms with E-state index in [-0.39, 0.29) is 18.3 Å². The van der Waals surface area contributed by atoms with Gasteiger partial charge in [-0.15, -0.1) is 12.4 Å². The third kappa shape index (κ3) is 4.02. The van der Waals surface area contributed by atoms with Gasteiger partial charge in [-0.05, 0) is 43.7 Å². The molecule has 6 heteroatoms. The van der Waals surface area contributed by atoms with Crippen molar-refractivity contribution in [1.82, 2.24) is 15.1 Å². The molecule has 0 aromatic heterocycles. The number of carbonyl (C=O) groups is 1. The number of nitrogens with one attached hydrogen (secondary N) is 1. The fourth-order valence-corrected chi connectivity index (χ4v) is 3.89. The van der Waals surface area contributed by atoms with Crippen molar-refractivity contribution in [3.05, 3.63) is 33.8 Å². The van der Waals surface area contributed by atoms with Gasteiger partial charge in [0.2, 0.25) is 0 Å². The lowest BCUT2D eigenvalue weighted by Crippen LogP contribution is -2.52. The van der Waals surface area contributed by atoms with E-state index in [0.29, 0.717) is 6.04 Å². The first-order chi connectivity index (χ1) is 10.1. The van der Waals surface area contributed by atoms with E-state index >= 15 is 0 Å². The van der Waals surface area contributed by atoms with E-state index in [9.17, 15) is 4.79 Å². The van der Waals surface area contributed by atoms with Crippen molar-refractivity contribution < 1.29 is 4.79 Å². The van der Waals surface area contributed by atoms with Crippen LogP contribution < -0.4 is 5.32 Å². The number of carbonyl (C=O) groups excluding carboxylic acids is 1. The summed E-state index contributed by atoms with van der Waals surface area (Å²) in [5, 5.41) is 3.41. The molecule has 2 heterocycles. The number of hydrogen-bond acceptors (Lipinski definition) is 3. The van der Waals surface area contributed by atoms with Gasteiger partial charge in [-0.25, -0.2) is 0 Å². The predicted octanol–water partition coefficient (Wildman–Crippen LogP) is 2.30. The van der Waals surface area contributed by atoms with Crippen molar-refractivity contribution in [2.75, 3.05) is 39.3 Å². The summed E-state index contributed by atoms with van der Waals surface area (Å²) in [7, 11) is 0. The first kappa shape index (κ1) is 17.7. The second kappa shape index (κ2) is 7.77. The molecule has 1 atom stereocenters. The van der Waals surface area contributed by atoms with Crippen LogP contribution in [0, 0.1) is 6.92 Å². The Balaban J connectivity index is 0.00000176. The molecule has 0 spiro atoms. The Kier molecular flexibility index (Phi) is 6.26. The minimum absolute atomic E-state index is 0. The van der Waals surface area contributed by atoms with E-state index in [0.717, 1.165) is 54.9 Å². The van der Waals surface area contributed by atoms with Crippen molar-refractivity contribution in [1.29, 1.82) is 0 Å². The Labute approximate surface area is 146 Å². The second-order valence-corrected chi connectivity index (χ2v) is 6.91. The number of nitrogens with zero attached hydrogens (tertiary/aromatic N) is 2. The molecule has 1 aromatic carbocycles. The Morgan fingerprint density at radius 2 is 1.95 bits per heavy atom. The molecule has 0 bridgehead atoms. The maximum absolute atomic E-state index is 12.6. The number of piperazine rings is 1. The molecule has 1 unspecified atom stereocenters. The quantitative estimate of drug-likeness (QED) is 0.844. The predicted molar refractivity (Wildman–Crippen MR) is 94.9 cm³/mol. The van der Waals surface area contributed by atoms with Crippen LogP contribution in [0.4, 0.5) is 0 Å². The van der Waals surface area contributed by atoms with Crippen molar-refractivity contribution in [2.45, 2.75) is 19.4 Å². The second-order valence-electron chi connectivity index (χ2n) is 5.99. The molecule has 2 fully saturated rings. The maximum Gasteiger partial charge on any atom is 0.253 e. The van der Waals surface area contributed by atoms with Gasteiger partial charge in [-0.1, -0.05) is 15.9 Å². The van der Waals surface area contributed by atoms with E-state index in [1.807, 2.05) is 30.0 Å². The number of hydrogen-bond donors (Lipinski definition) is 1. The molecule has 122 valence electrons. The van der Waals surface area contributed by atoms with E-state index in [1.54, 1.807) is 0 Å². The highest BCUT2D eigenvalue weighted by atomic mass is 79.9. The highest BCUT2D eigenvalue weighted by molar-refractivity contribution is 9.10. The summed E-state index contributed by atoms with van der Waals surface area (Å²) in [6.07, 6.45) is 1.23. The normalized spacial score (nSPS) is 22.5. The van der Waals surface area contributed by atoms with Crippen LogP contribution in [-0.4, -0.2) is 61.0 Å². The summed E-state index contributed by atoms with van der Waals surface area (Å²) < 4.78 is 0.974. The van der Waals surface area contributed by atoms with Gasteiger partial charge >= 0.3 is 0 Å². The Hall–Kier alpha value is -0.620. The Morgan fingerprint density at radius 1 is 1.23 bits per heavy atom. The van der Waals surface area contributed by atoms with Crippen molar-refractivity contribution in [2.24, 2.45) is 0 Å². The summed E-state index contributed by atoms with van der Waals surface area (Å²) in [5.74, 6) is 0.156. The largest absolute Gasteiger partial charge is 0.336 e. The van der Waals surface area contributed by atoms with Crippen LogP contribution in [0.15, 0.2) is 22.7 Å². The van der Waals surface area contributed by atoms with Gasteiger partial charge in [0, 0.05) is 48.8 Å². The van der Waals surface area contributed by atoms with Crippen LogP contribution in [0.3, 0.4) is 0 Å². The van der Waals surface area contributed by atoms with Gasteiger partial charge in [0.05, 0.1) is 0 Å². The molecule has 1 aromatic rings. The van der Waals surface area contributed by atoms with Gasteiger partial charge in [-0.3, -0.25) is 9.69 Å². The lowest BCUT2D eigenvalue weighted by atomic mass is 10.1. The number of rotatable bonds is 2. The fourth-order valence-electron chi connectivity index (χ4n) is 3.28. The maximum atomic E-state index is 12.6. The topological polar surface area (TPSA) is 35.6 Å². The lowest BCUT2D eigenvalue weighted by Gasteiger charge is -2.37. The SMILES string of the molecule is Cc1cc(Br)cc(C(=O)N2CCN(C3CCNC3)CC2)c1.Cl. The molecule has 2 aliphatic rings. The van der Waals surface area contributed by atoms with Gasteiger partial charge in [0.15, 0.2) is 0 Å². The van der Waals surface area contributed by atoms with E-state index in [1.165, 1.54) is 6.42 Å². The van der Waals surface area contributed by atoms with E-state index in [4.69, 9.17) is 0 Å². The van der Waals surface area contributed by atoms with Gasteiger partial charge in [0.25, 0.3) is 5.91 Å². The minimum Gasteiger partial charge on any atom is -0.336 e. The zero-order valence-corrected chi connectivity index (χ0v) is 15.3. The average Bonchev–Trinajstić information content (AvgIpc) is 3.00. The van der Waals surface area contributed by atoms with Crippen LogP contribution in [0.5, 0.6) is 0 Å². The van der Waals surface area contributed by atoms with Crippen molar-refractivity contribution in [3.8, 4) is 0 Å². The fraction of sp³-hybridized carbons (Fsp3) is 0.562. The Bertz CT molecular complexity index is 506. The summed E-state index contributed by atoms with van der Waals surface area (Å²) >= 11 is 3.47. The number of amides is 1. The summed E-state index contributed by atoms with van der Waals surface area (Å²) in [6.45, 7) is 7.89. The van der Waals surface area contributed by atoms with E-state index < -0.39 is 0 Å². The molecule has 0 saturated carbocycles. The lowest BCUT2D eigenvalue weighted by molar-refractivity contribution is 0.0583. The molecule has 2 aliphatic heterocycles. The smallest absolute Gasteiger partial charge is 0.253 e. The monoisotopic (exact) mass is 387 g/mol. The number of benzene rings is 1. The molecule has 0 radical (unpaired) electrons. The van der Waals surface area contributed by atoms with Gasteiger partial charge in [-0.2, -0.15) is 0 Å². The third-order valence-electron chi connectivity index (χ3n) is 4.44. The highest BCUT2D eigenvalue weighted by Crippen LogP contribution is 2.18. The summed E-state index contributed by atoms with van der Waals surface area (Å²) in [4.78, 5) is 17.1. The zero-order valence-electron chi connectivity index (χ0n) is 12.8. The molecule has 2 saturated heterocycles. The molecule has 0 aliphatic carbocycles. The van der Waals surface area contributed by atoms with Crippen molar-refractivity contribution >= 4 is 34.2 Å². The van der Waals surface area contributed by atoms with Gasteiger partial charge in [0.1, 0.15) is 0 Å². The zero-order chi connectivity index (χ0) is 14.8. The van der Waals surface area contributed by atoms with E-state index in [2.05, 4.69) is 26.1 Å². The van der Waals surface area contributed by atoms with Crippen LogP contribution in [-0.2, 0) is 0 Å². The molecule has 3 rings (SSSR count). The average molecular weight is 389 g/mol. The number of halogens is 2. The summed E-state index contributed by atoms with van der Waals surface area (Å²) in [6, 6.07) is 6.58. The van der Waals surface area contributed by atoms with Crippen molar-refractivity contribution in [3.63, 3.8) is 0 Å². The molecule has 22 heavy (non-hydrogen) atoms. The standard InChI is InChI=1S/C16H22BrN3O.ClH/c1-12-8-13(10-14(17)9-12)16(21)20-6-4-19(5-7-20)15-2-3-18-11-15;/h8-10,15,18H,2-7,11H2,1H3;1H. The molecular formula is C16H23BrClN3O. The van der Waals surface area contributed by atoms with Crippen LogP contribution in [0.2, 0.25) is 0 Å². The summed E-state index contributed by atoms with van der Waals surface area (Å²) in [5.41, 5.74) is 1.90. The molecule has 1 N–H and O–H groups in total. The molecule has 4 nitrogen and oxygen atoms in total. The van der Waals surface area contributed by atoms with Gasteiger partial charge < -0.3 is 10.2 Å². The highest BCUT2D eigenvalue weighted by Gasteiger charge is 2.28. The Morgan fingerprint density at radius 3 is 2.55 bits per heavy atom. The van der Waals surface area contributed by atoms with Crippen LogP contribution >= 0.6 is 28.3 Å². The van der Waals surface area contributed by atoms with Crippen LogP contribution in [0.1, 0.15) is 22.3 Å². The third-order valence-corrected chi connectivity index (χ3v) is 4.90. The first-order valence-corrected chi connectivity index (χ1v) is 8.44. The molecule has 1 amide bonds. The van der Waals surface area contributed by atoms with Crippen LogP contribution in [0.25, 0.3) is 0 Å². The molecular weight excluding hydrogens is 366 g/mol. The minimum atomic E-state index is 0. The first-order valence-electron chi connectivity index (χ1n) is 7.65. The number of aryl methyl sites for hydroxylation is 1.